The Balaban J connectivity index is 1.96. The summed E-state index contributed by atoms with van der Waals surface area (Å²) in [5.74, 6) is 1.28. The molecule has 1 aromatic carbocycles. The first-order valence-corrected chi connectivity index (χ1v) is 9.04. The zero-order chi connectivity index (χ0) is 15.2. The number of carbonyl (C=O) groups is 1. The van der Waals surface area contributed by atoms with Crippen molar-refractivity contribution in [3.8, 4) is 0 Å². The maximum absolute atomic E-state index is 12.8. The average molecular weight is 304 g/mol. The van der Waals surface area contributed by atoms with Gasteiger partial charge in [-0.1, -0.05) is 23.8 Å². The summed E-state index contributed by atoms with van der Waals surface area (Å²) < 4.78 is 0. The molecule has 1 heterocycles. The fourth-order valence-electron chi connectivity index (χ4n) is 3.38. The largest absolute Gasteiger partial charge is 0.318 e. The van der Waals surface area contributed by atoms with Crippen molar-refractivity contribution in [1.29, 1.82) is 0 Å². The van der Waals surface area contributed by atoms with Gasteiger partial charge >= 0.3 is 0 Å². The second-order valence-corrected chi connectivity index (χ2v) is 7.42. The van der Waals surface area contributed by atoms with E-state index >= 15 is 0 Å². The summed E-state index contributed by atoms with van der Waals surface area (Å²) in [4.78, 5) is 14.9. The van der Waals surface area contributed by atoms with Crippen molar-refractivity contribution in [2.75, 3.05) is 12.0 Å². The van der Waals surface area contributed by atoms with E-state index in [0.717, 1.165) is 18.6 Å². The Bertz CT molecular complexity index is 568. The number of rotatable bonds is 4. The molecule has 1 aliphatic carbocycles. The van der Waals surface area contributed by atoms with Gasteiger partial charge in [0.25, 0.3) is 0 Å². The molecule has 1 saturated heterocycles. The van der Waals surface area contributed by atoms with Gasteiger partial charge in [0.2, 0.25) is 5.91 Å². The van der Waals surface area contributed by atoms with E-state index in [9.17, 15) is 4.79 Å². The number of carbonyl (C=O) groups excluding carboxylic acids is 1. The molecule has 0 bridgehead atoms. The van der Waals surface area contributed by atoms with Crippen molar-refractivity contribution in [2.24, 2.45) is 0 Å². The van der Waals surface area contributed by atoms with E-state index in [4.69, 9.17) is 0 Å². The molecule has 1 aromatic rings. The smallest absolute Gasteiger partial charge is 0.244 e. The summed E-state index contributed by atoms with van der Waals surface area (Å²) in [6.45, 7) is 6.41. The molecule has 3 rings (SSSR count). The van der Waals surface area contributed by atoms with Crippen molar-refractivity contribution in [3.63, 3.8) is 0 Å². The highest BCUT2D eigenvalue weighted by atomic mass is 32.2. The van der Waals surface area contributed by atoms with Gasteiger partial charge in [0.15, 0.2) is 0 Å². The summed E-state index contributed by atoms with van der Waals surface area (Å²) in [5, 5.41) is 3.62. The van der Waals surface area contributed by atoms with E-state index in [2.05, 4.69) is 55.4 Å². The Hall–Kier alpha value is -1.00. The Labute approximate surface area is 131 Å². The summed E-state index contributed by atoms with van der Waals surface area (Å²) in [5.41, 5.74) is 3.52. The predicted octanol–water partition coefficient (Wildman–Crippen LogP) is 3.02. The molecule has 4 heteroatoms. The molecule has 1 aliphatic heterocycles. The molecule has 3 nitrogen and oxygen atoms in total. The molecule has 114 valence electrons. The SMILES string of the molecule is CSCC(C)N1C(=O)C2(CC2)NC1c1ccc(C)cc1C. The van der Waals surface area contributed by atoms with Crippen LogP contribution >= 0.6 is 11.8 Å². The van der Waals surface area contributed by atoms with Crippen LogP contribution in [0.25, 0.3) is 0 Å². The third-order valence-corrected chi connectivity index (χ3v) is 5.50. The number of hydrogen-bond donors (Lipinski definition) is 1. The van der Waals surface area contributed by atoms with Gasteiger partial charge in [0.05, 0.1) is 0 Å². The van der Waals surface area contributed by atoms with Crippen LogP contribution in [-0.2, 0) is 4.79 Å². The lowest BCUT2D eigenvalue weighted by Gasteiger charge is -2.31. The summed E-state index contributed by atoms with van der Waals surface area (Å²) >= 11 is 1.80. The average Bonchev–Trinajstić information content (AvgIpc) is 3.13. The monoisotopic (exact) mass is 304 g/mol. The second-order valence-electron chi connectivity index (χ2n) is 6.51. The molecule has 0 aromatic heterocycles. The number of thioether (sulfide) groups is 1. The first-order chi connectivity index (χ1) is 9.98. The minimum atomic E-state index is -0.255. The van der Waals surface area contributed by atoms with E-state index < -0.39 is 0 Å². The maximum Gasteiger partial charge on any atom is 0.244 e. The topological polar surface area (TPSA) is 32.3 Å². The number of hydrogen-bond acceptors (Lipinski definition) is 3. The molecule has 2 aliphatic rings. The zero-order valence-corrected chi connectivity index (χ0v) is 14.1. The highest BCUT2D eigenvalue weighted by Crippen LogP contribution is 2.47. The van der Waals surface area contributed by atoms with Gasteiger partial charge in [-0.3, -0.25) is 10.1 Å². The van der Waals surface area contributed by atoms with Crippen LogP contribution < -0.4 is 5.32 Å². The number of nitrogens with one attached hydrogen (secondary N) is 1. The Morgan fingerprint density at radius 2 is 2.14 bits per heavy atom. The molecule has 1 spiro atoms. The van der Waals surface area contributed by atoms with Crippen molar-refractivity contribution in [2.45, 2.75) is 51.4 Å². The Kier molecular flexibility index (Phi) is 3.78. The van der Waals surface area contributed by atoms with Crippen LogP contribution in [0.4, 0.5) is 0 Å². The van der Waals surface area contributed by atoms with Crippen LogP contribution in [0.15, 0.2) is 18.2 Å². The number of amides is 1. The summed E-state index contributed by atoms with van der Waals surface area (Å²) in [6, 6.07) is 6.78. The van der Waals surface area contributed by atoms with Crippen molar-refractivity contribution in [3.05, 3.63) is 34.9 Å². The number of aryl methyl sites for hydroxylation is 2. The fraction of sp³-hybridized carbons (Fsp3) is 0.588. The third-order valence-electron chi connectivity index (χ3n) is 4.69. The normalized spacial score (nSPS) is 24.7. The van der Waals surface area contributed by atoms with E-state index in [1.807, 2.05) is 0 Å². The lowest BCUT2D eigenvalue weighted by atomic mass is 10.0. The first-order valence-electron chi connectivity index (χ1n) is 7.65. The fourth-order valence-corrected chi connectivity index (χ4v) is 4.02. The maximum atomic E-state index is 12.8. The van der Waals surface area contributed by atoms with Crippen LogP contribution in [0.2, 0.25) is 0 Å². The lowest BCUT2D eigenvalue weighted by molar-refractivity contribution is -0.132. The Morgan fingerprint density at radius 3 is 2.71 bits per heavy atom. The van der Waals surface area contributed by atoms with Crippen LogP contribution in [0.1, 0.15) is 42.6 Å². The zero-order valence-electron chi connectivity index (χ0n) is 13.3. The molecule has 2 unspecified atom stereocenters. The van der Waals surface area contributed by atoms with Gasteiger partial charge < -0.3 is 4.90 Å². The van der Waals surface area contributed by atoms with Crippen LogP contribution in [0, 0.1) is 13.8 Å². The standard InChI is InChI=1S/C17H24N2OS/c1-11-5-6-14(12(2)9-11)15-18-17(7-8-17)16(20)19(15)13(3)10-21-4/h5-6,9,13,15,18H,7-8,10H2,1-4H3. The summed E-state index contributed by atoms with van der Waals surface area (Å²) in [6.07, 6.45) is 4.09. The van der Waals surface area contributed by atoms with Gasteiger partial charge in [0, 0.05) is 11.8 Å². The highest BCUT2D eigenvalue weighted by molar-refractivity contribution is 7.98. The van der Waals surface area contributed by atoms with Gasteiger partial charge in [-0.05, 0) is 51.0 Å². The van der Waals surface area contributed by atoms with Gasteiger partial charge in [-0.2, -0.15) is 11.8 Å². The molecule has 21 heavy (non-hydrogen) atoms. The molecule has 2 atom stereocenters. The molecule has 2 fully saturated rings. The van der Waals surface area contributed by atoms with Crippen molar-refractivity contribution >= 4 is 17.7 Å². The van der Waals surface area contributed by atoms with E-state index in [-0.39, 0.29) is 17.7 Å². The van der Waals surface area contributed by atoms with Gasteiger partial charge in [-0.25, -0.2) is 0 Å². The van der Waals surface area contributed by atoms with E-state index in [1.54, 1.807) is 11.8 Å². The van der Waals surface area contributed by atoms with Crippen LogP contribution in [-0.4, -0.2) is 34.4 Å². The molecule has 1 amide bonds. The minimum Gasteiger partial charge on any atom is -0.318 e. The van der Waals surface area contributed by atoms with Crippen molar-refractivity contribution < 1.29 is 4.79 Å². The van der Waals surface area contributed by atoms with E-state index in [0.29, 0.717) is 5.91 Å². The minimum absolute atomic E-state index is 0.0303. The van der Waals surface area contributed by atoms with Gasteiger partial charge in [0.1, 0.15) is 11.7 Å². The molecule has 1 N–H and O–H groups in total. The summed E-state index contributed by atoms with van der Waals surface area (Å²) in [7, 11) is 0. The van der Waals surface area contributed by atoms with Crippen molar-refractivity contribution in [1.82, 2.24) is 10.2 Å². The number of nitrogens with zero attached hydrogens (tertiary/aromatic N) is 1. The highest BCUT2D eigenvalue weighted by Gasteiger charge is 2.60. The van der Waals surface area contributed by atoms with Crippen LogP contribution in [0.3, 0.4) is 0 Å². The quantitative estimate of drug-likeness (QED) is 0.928. The third kappa shape index (κ3) is 2.49. The van der Waals surface area contributed by atoms with E-state index in [1.165, 1.54) is 16.7 Å². The second kappa shape index (κ2) is 5.33. The first kappa shape index (κ1) is 14.9. The van der Waals surface area contributed by atoms with Gasteiger partial charge in [-0.15, -0.1) is 0 Å². The predicted molar refractivity (Wildman–Crippen MR) is 88.4 cm³/mol. The lowest BCUT2D eigenvalue weighted by Crippen LogP contribution is -2.40. The molecule has 1 saturated carbocycles. The Morgan fingerprint density at radius 1 is 1.43 bits per heavy atom. The number of benzene rings is 1. The van der Waals surface area contributed by atoms with Crippen LogP contribution in [0.5, 0.6) is 0 Å². The molecular formula is C17H24N2OS. The molecule has 0 radical (unpaired) electrons. The molecular weight excluding hydrogens is 280 g/mol.